The van der Waals surface area contributed by atoms with E-state index in [1.165, 1.54) is 35.2 Å². The molecule has 0 radical (unpaired) electrons. The van der Waals surface area contributed by atoms with Gasteiger partial charge in [-0.15, -0.1) is 0 Å². The summed E-state index contributed by atoms with van der Waals surface area (Å²) < 4.78 is 13.4. The third-order valence-corrected chi connectivity index (χ3v) is 10.1. The minimum absolute atomic E-state index is 0.264. The lowest BCUT2D eigenvalue weighted by atomic mass is 9.76. The van der Waals surface area contributed by atoms with Crippen LogP contribution in [0.15, 0.2) is 33.3 Å². The number of carbonyl (C=O) groups excluding carboxylic acids is 1. The number of halogens is 3. The fraction of sp³-hybridized carbons (Fsp3) is 0.625. The predicted octanol–water partition coefficient (Wildman–Crippen LogP) is 8.37. The second-order valence-electron chi connectivity index (χ2n) is 11.2. The van der Waals surface area contributed by atoms with Crippen molar-refractivity contribution < 1.29 is 14.3 Å². The fourth-order valence-electron chi connectivity index (χ4n) is 6.67. The average molecular weight is 699 g/mol. The molecule has 1 unspecified atom stereocenters. The Kier molecular flexibility index (Phi) is 12.1. The number of hydrogen-bond acceptors (Lipinski definition) is 5. The van der Waals surface area contributed by atoms with E-state index in [4.69, 9.17) is 26.1 Å². The van der Waals surface area contributed by atoms with Crippen molar-refractivity contribution in [3.8, 4) is 0 Å². The molecule has 8 heteroatoms. The van der Waals surface area contributed by atoms with Gasteiger partial charge in [0, 0.05) is 45.3 Å². The Bertz CT molecular complexity index is 1120. The lowest BCUT2D eigenvalue weighted by Gasteiger charge is -2.35. The zero-order chi connectivity index (χ0) is 28.7. The Hall–Kier alpha value is -0.830. The highest BCUT2D eigenvalue weighted by Crippen LogP contribution is 2.46. The highest BCUT2D eigenvalue weighted by molar-refractivity contribution is 9.10. The Labute approximate surface area is 262 Å². The number of fused-ring (bicyclic) bond motifs is 2. The number of nitrogens with zero attached hydrogens (tertiary/aromatic N) is 2. The minimum atomic E-state index is -0.264. The summed E-state index contributed by atoms with van der Waals surface area (Å²) in [7, 11) is 2.22. The number of aromatic nitrogens is 1. The van der Waals surface area contributed by atoms with E-state index in [1.807, 2.05) is 26.1 Å². The number of benzene rings is 1. The van der Waals surface area contributed by atoms with E-state index in [2.05, 4.69) is 55.9 Å². The third kappa shape index (κ3) is 7.76. The van der Waals surface area contributed by atoms with E-state index in [9.17, 15) is 4.79 Å². The smallest absolute Gasteiger partial charge is 0.168 e. The van der Waals surface area contributed by atoms with Gasteiger partial charge in [0.1, 0.15) is 6.29 Å². The van der Waals surface area contributed by atoms with Gasteiger partial charge in [0.25, 0.3) is 0 Å². The second kappa shape index (κ2) is 15.1. The van der Waals surface area contributed by atoms with E-state index in [0.29, 0.717) is 24.2 Å². The molecule has 1 saturated carbocycles. The number of aldehydes is 1. The standard InChI is InChI=1S/C20H21Br2ClN2.C10H16O3.C2H6/c1-25-6-4-12(5-7-25)19-18-13(9-16(23)10-17(18)22)2-3-14-8-15(21)11-24-20(14)19;11-6-3-9-1-4-10(5-2-9)12-7-8-13-10;1-2/h8-12,19H,2-7H2,1H3;6,9H,1-5,7-8H2;1-2H3. The number of piperidine rings is 1. The van der Waals surface area contributed by atoms with E-state index in [-0.39, 0.29) is 5.79 Å². The zero-order valence-electron chi connectivity index (χ0n) is 24.1. The first kappa shape index (κ1) is 32.1. The van der Waals surface area contributed by atoms with Gasteiger partial charge in [-0.2, -0.15) is 0 Å². The first-order valence-electron chi connectivity index (χ1n) is 14.9. The summed E-state index contributed by atoms with van der Waals surface area (Å²) >= 11 is 13.8. The molecule has 2 aliphatic heterocycles. The number of rotatable bonds is 3. The number of hydrogen-bond donors (Lipinski definition) is 0. The van der Waals surface area contributed by atoms with Crippen molar-refractivity contribution in [2.24, 2.45) is 11.8 Å². The normalized spacial score (nSPS) is 22.7. The molecule has 0 bridgehead atoms. The van der Waals surface area contributed by atoms with Gasteiger partial charge in [0.2, 0.25) is 0 Å². The topological polar surface area (TPSA) is 51.7 Å². The van der Waals surface area contributed by atoms with Gasteiger partial charge in [0.05, 0.1) is 18.9 Å². The molecule has 1 atom stereocenters. The molecule has 220 valence electrons. The Morgan fingerprint density at radius 3 is 2.33 bits per heavy atom. The molecule has 3 fully saturated rings. The first-order valence-corrected chi connectivity index (χ1v) is 16.9. The van der Waals surface area contributed by atoms with Gasteiger partial charge in [0.15, 0.2) is 5.79 Å². The van der Waals surface area contributed by atoms with Crippen LogP contribution in [-0.4, -0.2) is 55.3 Å². The number of likely N-dealkylation sites (tertiary alicyclic amines) is 1. The molecule has 2 aromatic rings. The number of ether oxygens (including phenoxy) is 2. The summed E-state index contributed by atoms with van der Waals surface area (Å²) in [6.45, 7) is 7.79. The van der Waals surface area contributed by atoms with Crippen LogP contribution < -0.4 is 0 Å². The van der Waals surface area contributed by atoms with Crippen LogP contribution in [0.3, 0.4) is 0 Å². The third-order valence-electron chi connectivity index (χ3n) is 8.76. The summed E-state index contributed by atoms with van der Waals surface area (Å²) in [4.78, 5) is 17.7. The number of carbonyl (C=O) groups is 1. The Morgan fingerprint density at radius 1 is 1.02 bits per heavy atom. The SMILES string of the molecule is CC.CN1CCC(C2c3ncc(Br)cc3CCc3cc(Cl)cc(Br)c32)CC1.O=CCC1CCC2(CC1)OCCO2. The number of pyridine rings is 1. The van der Waals surface area contributed by atoms with Gasteiger partial charge in [-0.3, -0.25) is 4.98 Å². The maximum atomic E-state index is 10.3. The molecule has 1 aromatic carbocycles. The average Bonchev–Trinajstić information content (AvgIpc) is 3.34. The summed E-state index contributed by atoms with van der Waals surface area (Å²) in [6, 6.07) is 6.46. The molecule has 0 amide bonds. The van der Waals surface area contributed by atoms with Crippen LogP contribution in [0.1, 0.15) is 87.1 Å². The first-order chi connectivity index (χ1) is 19.4. The van der Waals surface area contributed by atoms with Crippen LogP contribution in [-0.2, 0) is 27.1 Å². The lowest BCUT2D eigenvalue weighted by molar-refractivity contribution is -0.182. The van der Waals surface area contributed by atoms with Gasteiger partial charge in [-0.25, -0.2) is 0 Å². The van der Waals surface area contributed by atoms with E-state index >= 15 is 0 Å². The second-order valence-corrected chi connectivity index (χ2v) is 13.4. The van der Waals surface area contributed by atoms with Crippen molar-refractivity contribution in [3.05, 3.63) is 60.7 Å². The molecular weight excluding hydrogens is 656 g/mol. The quantitative estimate of drug-likeness (QED) is 0.302. The van der Waals surface area contributed by atoms with Crippen LogP contribution in [0.2, 0.25) is 5.02 Å². The van der Waals surface area contributed by atoms with Crippen molar-refractivity contribution in [1.82, 2.24) is 9.88 Å². The van der Waals surface area contributed by atoms with E-state index < -0.39 is 0 Å². The van der Waals surface area contributed by atoms with Crippen molar-refractivity contribution >= 4 is 49.7 Å². The molecule has 3 heterocycles. The molecule has 1 spiro atoms. The van der Waals surface area contributed by atoms with Crippen LogP contribution in [0.4, 0.5) is 0 Å². The van der Waals surface area contributed by atoms with Gasteiger partial charge in [-0.1, -0.05) is 41.4 Å². The molecule has 1 aromatic heterocycles. The highest BCUT2D eigenvalue weighted by Gasteiger charge is 2.40. The molecule has 0 N–H and O–H groups in total. The molecule has 40 heavy (non-hydrogen) atoms. The summed E-state index contributed by atoms with van der Waals surface area (Å²) in [6.07, 6.45) is 12.2. The summed E-state index contributed by atoms with van der Waals surface area (Å²) in [5.41, 5.74) is 5.42. The maximum absolute atomic E-state index is 10.3. The number of aryl methyl sites for hydroxylation is 2. The molecule has 2 saturated heterocycles. The molecule has 6 rings (SSSR count). The summed E-state index contributed by atoms with van der Waals surface area (Å²) in [5.74, 6) is 1.27. The lowest BCUT2D eigenvalue weighted by Crippen LogP contribution is -2.35. The minimum Gasteiger partial charge on any atom is -0.348 e. The van der Waals surface area contributed by atoms with Gasteiger partial charge >= 0.3 is 0 Å². The maximum Gasteiger partial charge on any atom is 0.168 e. The van der Waals surface area contributed by atoms with E-state index in [0.717, 1.165) is 85.1 Å². The van der Waals surface area contributed by atoms with Crippen molar-refractivity contribution in [2.75, 3.05) is 33.4 Å². The molecule has 5 nitrogen and oxygen atoms in total. The highest BCUT2D eigenvalue weighted by atomic mass is 79.9. The predicted molar refractivity (Wildman–Crippen MR) is 169 cm³/mol. The van der Waals surface area contributed by atoms with Crippen LogP contribution in [0, 0.1) is 11.8 Å². The van der Waals surface area contributed by atoms with Gasteiger partial charge in [-0.05, 0) is 121 Å². The van der Waals surface area contributed by atoms with Crippen LogP contribution in [0.25, 0.3) is 0 Å². The fourth-order valence-corrected chi connectivity index (χ4v) is 8.17. The zero-order valence-corrected chi connectivity index (χ0v) is 28.0. The summed E-state index contributed by atoms with van der Waals surface area (Å²) in [5, 5.41) is 0.813. The van der Waals surface area contributed by atoms with Crippen molar-refractivity contribution in [2.45, 2.75) is 83.3 Å². The Morgan fingerprint density at radius 2 is 1.68 bits per heavy atom. The molecular formula is C32H43Br2ClN2O3. The Balaban J connectivity index is 0.000000207. The molecule has 2 aliphatic carbocycles. The van der Waals surface area contributed by atoms with Gasteiger partial charge < -0.3 is 19.2 Å². The molecule has 4 aliphatic rings. The van der Waals surface area contributed by atoms with E-state index in [1.54, 1.807) is 0 Å². The van der Waals surface area contributed by atoms with Crippen molar-refractivity contribution in [1.29, 1.82) is 0 Å². The van der Waals surface area contributed by atoms with Crippen LogP contribution >= 0.6 is 43.5 Å². The largest absolute Gasteiger partial charge is 0.348 e. The van der Waals surface area contributed by atoms with Crippen LogP contribution in [0.5, 0.6) is 0 Å². The van der Waals surface area contributed by atoms with Crippen molar-refractivity contribution in [3.63, 3.8) is 0 Å². The monoisotopic (exact) mass is 696 g/mol.